The van der Waals surface area contributed by atoms with Gasteiger partial charge in [0.1, 0.15) is 5.75 Å². The lowest BCUT2D eigenvalue weighted by molar-refractivity contribution is 0.0777. The van der Waals surface area contributed by atoms with E-state index in [9.17, 15) is 9.59 Å². The van der Waals surface area contributed by atoms with Gasteiger partial charge < -0.3 is 20.7 Å². The second kappa shape index (κ2) is 7.49. The van der Waals surface area contributed by atoms with Crippen LogP contribution in [0.1, 0.15) is 23.7 Å². The summed E-state index contributed by atoms with van der Waals surface area (Å²) >= 11 is 0. The molecule has 0 aromatic heterocycles. The normalized spacial score (nSPS) is 22.6. The van der Waals surface area contributed by atoms with Crippen LogP contribution in [0.2, 0.25) is 0 Å². The fourth-order valence-corrected chi connectivity index (χ4v) is 3.28. The van der Waals surface area contributed by atoms with Crippen molar-refractivity contribution in [2.75, 3.05) is 44.7 Å². The average Bonchev–Trinajstić information content (AvgIpc) is 3.20. The van der Waals surface area contributed by atoms with Crippen LogP contribution in [0.3, 0.4) is 0 Å². The van der Waals surface area contributed by atoms with Gasteiger partial charge >= 0.3 is 6.03 Å². The zero-order valence-corrected chi connectivity index (χ0v) is 15.4. The molecule has 2 aliphatic heterocycles. The van der Waals surface area contributed by atoms with Crippen LogP contribution >= 0.6 is 12.4 Å². The van der Waals surface area contributed by atoms with Gasteiger partial charge in [-0.15, -0.1) is 12.4 Å². The quantitative estimate of drug-likeness (QED) is 0.842. The van der Waals surface area contributed by atoms with Gasteiger partial charge in [0.2, 0.25) is 0 Å². The molecule has 3 N–H and O–H groups in total. The highest BCUT2D eigenvalue weighted by atomic mass is 35.5. The topological polar surface area (TPSA) is 87.9 Å². The third kappa shape index (κ3) is 3.67. The number of amides is 3. The summed E-state index contributed by atoms with van der Waals surface area (Å²) in [6, 6.07) is 5.06. The molecule has 0 aliphatic carbocycles. The number of nitrogens with one attached hydrogen (secondary N) is 1. The summed E-state index contributed by atoms with van der Waals surface area (Å²) in [6.45, 7) is 5.18. The summed E-state index contributed by atoms with van der Waals surface area (Å²) in [6.07, 6.45) is 0.910. The third-order valence-corrected chi connectivity index (χ3v) is 4.91. The minimum Gasteiger partial charge on any atom is -0.495 e. The molecule has 8 heteroatoms. The first-order valence-electron chi connectivity index (χ1n) is 8.20. The molecular formula is C17H25ClN4O3. The van der Waals surface area contributed by atoms with Crippen LogP contribution < -0.4 is 20.7 Å². The van der Waals surface area contributed by atoms with Crippen LogP contribution in [0, 0.1) is 5.41 Å². The fraction of sp³-hybridized carbons (Fsp3) is 0.529. The van der Waals surface area contributed by atoms with E-state index in [0.717, 1.165) is 6.42 Å². The highest BCUT2D eigenvalue weighted by Gasteiger charge is 2.35. The molecule has 7 nitrogen and oxygen atoms in total. The molecule has 2 aliphatic rings. The second-order valence-corrected chi connectivity index (χ2v) is 6.76. The van der Waals surface area contributed by atoms with Crippen molar-refractivity contribution in [3.05, 3.63) is 23.8 Å². The summed E-state index contributed by atoms with van der Waals surface area (Å²) in [5, 5.41) is 2.76. The first-order valence-corrected chi connectivity index (χ1v) is 8.20. The van der Waals surface area contributed by atoms with E-state index in [-0.39, 0.29) is 29.8 Å². The van der Waals surface area contributed by atoms with Gasteiger partial charge in [0.25, 0.3) is 5.91 Å². The van der Waals surface area contributed by atoms with Gasteiger partial charge in [-0.25, -0.2) is 4.79 Å². The van der Waals surface area contributed by atoms with Gasteiger partial charge in [0, 0.05) is 31.7 Å². The Hall–Kier alpha value is -1.99. The smallest absolute Gasteiger partial charge is 0.322 e. The van der Waals surface area contributed by atoms with E-state index in [1.165, 1.54) is 0 Å². The van der Waals surface area contributed by atoms with Gasteiger partial charge in [-0.2, -0.15) is 0 Å². The Morgan fingerprint density at radius 1 is 1.40 bits per heavy atom. The monoisotopic (exact) mass is 368 g/mol. The Bertz CT molecular complexity index is 669. The Balaban J connectivity index is 0.00000225. The van der Waals surface area contributed by atoms with Crippen LogP contribution in [-0.4, -0.2) is 56.7 Å². The van der Waals surface area contributed by atoms with Crippen LogP contribution in [0.15, 0.2) is 18.2 Å². The van der Waals surface area contributed by atoms with Crippen molar-refractivity contribution in [1.29, 1.82) is 0 Å². The number of anilines is 1. The average molecular weight is 369 g/mol. The fourth-order valence-electron chi connectivity index (χ4n) is 3.28. The van der Waals surface area contributed by atoms with E-state index >= 15 is 0 Å². The lowest BCUT2D eigenvalue weighted by Crippen LogP contribution is -2.34. The number of halogens is 1. The Labute approximate surface area is 153 Å². The number of nitrogens with two attached hydrogens (primary N) is 1. The number of hydrogen-bond acceptors (Lipinski definition) is 4. The highest BCUT2D eigenvalue weighted by molar-refractivity contribution is 6.00. The molecule has 138 valence electrons. The number of rotatable bonds is 4. The van der Waals surface area contributed by atoms with E-state index in [2.05, 4.69) is 12.2 Å². The van der Waals surface area contributed by atoms with Crippen LogP contribution in [0.5, 0.6) is 5.75 Å². The number of urea groups is 1. The van der Waals surface area contributed by atoms with Crippen molar-refractivity contribution < 1.29 is 14.3 Å². The number of carbonyl (C=O) groups is 2. The molecule has 25 heavy (non-hydrogen) atoms. The number of ether oxygens (including phenoxy) is 1. The number of likely N-dealkylation sites (tertiary alicyclic amines) is 1. The lowest BCUT2D eigenvalue weighted by Gasteiger charge is -2.23. The van der Waals surface area contributed by atoms with Gasteiger partial charge in [-0.05, 0) is 36.6 Å². The summed E-state index contributed by atoms with van der Waals surface area (Å²) in [5.74, 6) is 0.549. The van der Waals surface area contributed by atoms with Gasteiger partial charge in [0.15, 0.2) is 0 Å². The Morgan fingerprint density at radius 2 is 2.16 bits per heavy atom. The number of benzene rings is 1. The summed E-state index contributed by atoms with van der Waals surface area (Å²) < 4.78 is 5.35. The van der Waals surface area contributed by atoms with E-state index in [4.69, 9.17) is 10.5 Å². The van der Waals surface area contributed by atoms with Crippen LogP contribution in [0.4, 0.5) is 10.5 Å². The lowest BCUT2D eigenvalue weighted by atomic mass is 9.90. The molecule has 0 bridgehead atoms. The molecule has 0 saturated carbocycles. The van der Waals surface area contributed by atoms with Gasteiger partial charge in [-0.1, -0.05) is 6.92 Å². The predicted molar refractivity (Wildman–Crippen MR) is 98.7 cm³/mol. The predicted octanol–water partition coefficient (Wildman–Crippen LogP) is 1.46. The minimum atomic E-state index is -0.172. The molecule has 3 rings (SSSR count). The molecule has 0 radical (unpaired) electrons. The first kappa shape index (κ1) is 19.3. The third-order valence-electron chi connectivity index (χ3n) is 4.91. The molecule has 2 heterocycles. The van der Waals surface area contributed by atoms with Crippen molar-refractivity contribution in [1.82, 2.24) is 10.2 Å². The van der Waals surface area contributed by atoms with Crippen molar-refractivity contribution in [2.24, 2.45) is 11.1 Å². The second-order valence-electron chi connectivity index (χ2n) is 6.76. The van der Waals surface area contributed by atoms with Crippen molar-refractivity contribution in [3.63, 3.8) is 0 Å². The van der Waals surface area contributed by atoms with Crippen molar-refractivity contribution in [3.8, 4) is 5.75 Å². The van der Waals surface area contributed by atoms with E-state index in [1.807, 2.05) is 4.90 Å². The molecule has 1 aromatic carbocycles. The maximum absolute atomic E-state index is 12.8. The molecule has 2 fully saturated rings. The molecular weight excluding hydrogens is 344 g/mol. The number of carbonyl (C=O) groups excluding carboxylic acids is 2. The molecule has 1 unspecified atom stereocenters. The highest BCUT2D eigenvalue weighted by Crippen LogP contribution is 2.33. The summed E-state index contributed by atoms with van der Waals surface area (Å²) in [4.78, 5) is 28.2. The molecule has 0 spiro atoms. The molecule has 3 amide bonds. The number of hydrogen-bond donors (Lipinski definition) is 2. The molecule has 2 saturated heterocycles. The Morgan fingerprint density at radius 3 is 2.72 bits per heavy atom. The standard InChI is InChI=1S/C17H24N4O3.ClH/c1-17(10-18)5-7-20(11-17)15(22)12-3-4-14(24-2)13(9-12)21-8-6-19-16(21)23;/h3-4,9H,5-8,10-11,18H2,1-2H3,(H,19,23);1H. The zero-order chi connectivity index (χ0) is 17.3. The van der Waals surface area contributed by atoms with Gasteiger partial charge in [-0.3, -0.25) is 9.69 Å². The van der Waals surface area contributed by atoms with Crippen LogP contribution in [0.25, 0.3) is 0 Å². The Kier molecular flexibility index (Phi) is 5.80. The van der Waals surface area contributed by atoms with E-state index < -0.39 is 0 Å². The molecule has 1 atom stereocenters. The van der Waals surface area contributed by atoms with E-state index in [1.54, 1.807) is 30.2 Å². The molecule has 1 aromatic rings. The number of methoxy groups -OCH3 is 1. The van der Waals surface area contributed by atoms with Gasteiger partial charge in [0.05, 0.1) is 12.8 Å². The van der Waals surface area contributed by atoms with Crippen LogP contribution in [-0.2, 0) is 0 Å². The maximum Gasteiger partial charge on any atom is 0.322 e. The summed E-state index contributed by atoms with van der Waals surface area (Å²) in [5.41, 5.74) is 7.00. The first-order chi connectivity index (χ1) is 11.5. The van der Waals surface area contributed by atoms with E-state index in [0.29, 0.717) is 49.7 Å². The van der Waals surface area contributed by atoms with Crippen molar-refractivity contribution in [2.45, 2.75) is 13.3 Å². The minimum absolute atomic E-state index is 0. The maximum atomic E-state index is 12.8. The summed E-state index contributed by atoms with van der Waals surface area (Å²) in [7, 11) is 1.56. The zero-order valence-electron chi connectivity index (χ0n) is 14.6. The largest absolute Gasteiger partial charge is 0.495 e. The number of nitrogens with zero attached hydrogens (tertiary/aromatic N) is 2. The SMILES string of the molecule is COc1ccc(C(=O)N2CCC(C)(CN)C2)cc1N1CCNC1=O.Cl. The van der Waals surface area contributed by atoms with Crippen molar-refractivity contribution >= 4 is 30.0 Å².